The van der Waals surface area contributed by atoms with Crippen molar-refractivity contribution in [2.24, 2.45) is 0 Å². The van der Waals surface area contributed by atoms with Crippen molar-refractivity contribution in [3.63, 3.8) is 0 Å². The number of carbonyl (C=O) groups is 2. The maximum absolute atomic E-state index is 10.8. The van der Waals surface area contributed by atoms with Gasteiger partial charge in [-0.3, -0.25) is 9.59 Å². The molecule has 0 saturated carbocycles. The summed E-state index contributed by atoms with van der Waals surface area (Å²) >= 11 is 10.5. The Labute approximate surface area is 76.7 Å². The van der Waals surface area contributed by atoms with Crippen molar-refractivity contribution in [3.05, 3.63) is 21.6 Å². The Balaban J connectivity index is 3.32. The second-order valence-corrected chi connectivity index (χ2v) is 2.74. The molecule has 0 aromatic rings. The zero-order valence-electron chi connectivity index (χ0n) is 5.47. The van der Waals surface area contributed by atoms with Crippen LogP contribution in [0.4, 0.5) is 0 Å². The molecule has 64 valence electrons. The average Bonchev–Trinajstić information content (AvgIpc) is 2.08. The van der Waals surface area contributed by atoms with Crippen molar-refractivity contribution in [1.29, 1.82) is 0 Å². The summed E-state index contributed by atoms with van der Waals surface area (Å²) in [6, 6.07) is 0. The SMILES string of the molecule is O=C1C(O)=C(O)C(=O)C(Cl)=C1Cl. The lowest BCUT2D eigenvalue weighted by Crippen LogP contribution is -2.19. The fraction of sp³-hybridized carbons (Fsp3) is 0. The molecule has 0 bridgehead atoms. The normalized spacial score (nSPS) is 19.2. The van der Waals surface area contributed by atoms with Crippen LogP contribution >= 0.6 is 23.2 Å². The van der Waals surface area contributed by atoms with E-state index in [1.165, 1.54) is 0 Å². The van der Waals surface area contributed by atoms with Crippen LogP contribution in [0.2, 0.25) is 0 Å². The number of carbonyl (C=O) groups excluding carboxylic acids is 2. The zero-order valence-corrected chi connectivity index (χ0v) is 6.98. The van der Waals surface area contributed by atoms with Crippen molar-refractivity contribution in [2.75, 3.05) is 0 Å². The van der Waals surface area contributed by atoms with Crippen LogP contribution in [0.3, 0.4) is 0 Å². The quantitative estimate of drug-likeness (QED) is 0.587. The highest BCUT2D eigenvalue weighted by Crippen LogP contribution is 2.26. The van der Waals surface area contributed by atoms with E-state index in [1.54, 1.807) is 0 Å². The van der Waals surface area contributed by atoms with Crippen LogP contribution in [0.15, 0.2) is 21.6 Å². The van der Waals surface area contributed by atoms with Gasteiger partial charge in [0.1, 0.15) is 10.1 Å². The standard InChI is InChI=1S/C6H2Cl2O4/c7-1-2(8)4(10)6(12)5(11)3(1)9/h11-12H. The first kappa shape index (κ1) is 9.09. The lowest BCUT2D eigenvalue weighted by molar-refractivity contribution is -0.119. The predicted molar refractivity (Wildman–Crippen MR) is 41.0 cm³/mol. The minimum atomic E-state index is -1.07. The second kappa shape index (κ2) is 2.80. The molecule has 0 aromatic carbocycles. The molecular weight excluding hydrogens is 207 g/mol. The first-order chi connectivity index (χ1) is 5.46. The molecule has 0 fully saturated rings. The molecule has 1 rings (SSSR count). The Hall–Kier alpha value is -1.00. The second-order valence-electron chi connectivity index (χ2n) is 1.98. The Morgan fingerprint density at radius 3 is 1.33 bits per heavy atom. The average molecular weight is 209 g/mol. The van der Waals surface area contributed by atoms with Gasteiger partial charge in [0, 0.05) is 0 Å². The molecule has 0 radical (unpaired) electrons. The largest absolute Gasteiger partial charge is 0.501 e. The van der Waals surface area contributed by atoms with Crippen LogP contribution < -0.4 is 0 Å². The van der Waals surface area contributed by atoms with Crippen LogP contribution in [0.5, 0.6) is 0 Å². The molecule has 1 aliphatic rings. The maximum atomic E-state index is 10.8. The highest BCUT2D eigenvalue weighted by atomic mass is 35.5. The summed E-state index contributed by atoms with van der Waals surface area (Å²) in [5, 5.41) is 16.4. The topological polar surface area (TPSA) is 74.6 Å². The molecule has 4 nitrogen and oxygen atoms in total. The van der Waals surface area contributed by atoms with E-state index >= 15 is 0 Å². The third kappa shape index (κ3) is 1.09. The molecule has 0 aromatic heterocycles. The van der Waals surface area contributed by atoms with Gasteiger partial charge in [-0.2, -0.15) is 0 Å². The molecule has 0 unspecified atom stereocenters. The Morgan fingerprint density at radius 2 is 1.08 bits per heavy atom. The van der Waals surface area contributed by atoms with Gasteiger partial charge in [-0.25, -0.2) is 0 Å². The third-order valence-electron chi connectivity index (χ3n) is 1.25. The van der Waals surface area contributed by atoms with Crippen molar-refractivity contribution < 1.29 is 19.8 Å². The highest BCUT2D eigenvalue weighted by molar-refractivity contribution is 6.58. The van der Waals surface area contributed by atoms with E-state index in [1.807, 2.05) is 0 Å². The van der Waals surface area contributed by atoms with E-state index in [9.17, 15) is 9.59 Å². The number of ketones is 2. The summed E-state index contributed by atoms with van der Waals surface area (Å²) in [4.78, 5) is 21.6. The molecule has 0 heterocycles. The van der Waals surface area contributed by atoms with Gasteiger partial charge in [0.25, 0.3) is 0 Å². The van der Waals surface area contributed by atoms with Gasteiger partial charge >= 0.3 is 0 Å². The summed E-state index contributed by atoms with van der Waals surface area (Å²) in [5.41, 5.74) is 0. The molecule has 1 aliphatic carbocycles. The van der Waals surface area contributed by atoms with Crippen LogP contribution in [-0.2, 0) is 9.59 Å². The van der Waals surface area contributed by atoms with E-state index < -0.39 is 33.1 Å². The van der Waals surface area contributed by atoms with E-state index in [2.05, 4.69) is 0 Å². The number of Topliss-reactive ketones (excluding diaryl/α,β-unsaturated/α-hetero) is 2. The van der Waals surface area contributed by atoms with E-state index in [4.69, 9.17) is 33.4 Å². The number of rotatable bonds is 0. The van der Waals surface area contributed by atoms with Gasteiger partial charge in [0.15, 0.2) is 0 Å². The molecule has 2 N–H and O–H groups in total. The first-order valence-corrected chi connectivity index (χ1v) is 3.49. The summed E-state index contributed by atoms with van der Waals surface area (Å²) < 4.78 is 0. The lowest BCUT2D eigenvalue weighted by atomic mass is 10.1. The van der Waals surface area contributed by atoms with Gasteiger partial charge in [-0.05, 0) is 0 Å². The summed E-state index contributed by atoms with van der Waals surface area (Å²) in [6.07, 6.45) is 0. The van der Waals surface area contributed by atoms with E-state index in [-0.39, 0.29) is 0 Å². The third-order valence-corrected chi connectivity index (χ3v) is 2.06. The zero-order chi connectivity index (χ0) is 9.46. The van der Waals surface area contributed by atoms with Crippen LogP contribution in [0.1, 0.15) is 0 Å². The molecule has 0 amide bonds. The molecule has 6 heteroatoms. The molecule has 0 atom stereocenters. The maximum Gasteiger partial charge on any atom is 0.244 e. The van der Waals surface area contributed by atoms with Crippen molar-refractivity contribution in [3.8, 4) is 0 Å². The van der Waals surface area contributed by atoms with Crippen molar-refractivity contribution >= 4 is 34.8 Å². The lowest BCUT2D eigenvalue weighted by Gasteiger charge is -2.08. The van der Waals surface area contributed by atoms with Crippen LogP contribution in [-0.4, -0.2) is 21.8 Å². The number of aliphatic hydroxyl groups excluding tert-OH is 2. The van der Waals surface area contributed by atoms with E-state index in [0.717, 1.165) is 0 Å². The molecule has 0 saturated heterocycles. The minimum absolute atomic E-state index is 0.586. The Bertz CT molecular complexity index is 277. The summed E-state index contributed by atoms with van der Waals surface area (Å²) in [5.74, 6) is -4.26. The number of allylic oxidation sites excluding steroid dienone is 2. The molecule has 0 spiro atoms. The fourth-order valence-electron chi connectivity index (χ4n) is 0.622. The predicted octanol–water partition coefficient (Wildman–Crippen LogP) is 1.16. The van der Waals surface area contributed by atoms with Gasteiger partial charge in [-0.15, -0.1) is 0 Å². The summed E-state index contributed by atoms with van der Waals surface area (Å²) in [7, 11) is 0. The number of halogens is 2. The van der Waals surface area contributed by atoms with Gasteiger partial charge in [0.05, 0.1) is 0 Å². The van der Waals surface area contributed by atoms with Gasteiger partial charge in [-0.1, -0.05) is 23.2 Å². The molecule has 12 heavy (non-hydrogen) atoms. The minimum Gasteiger partial charge on any atom is -0.501 e. The highest BCUT2D eigenvalue weighted by Gasteiger charge is 2.32. The van der Waals surface area contributed by atoms with Gasteiger partial charge in [0.2, 0.25) is 23.1 Å². The number of hydrogen-bond acceptors (Lipinski definition) is 4. The number of hydrogen-bond donors (Lipinski definition) is 2. The van der Waals surface area contributed by atoms with Gasteiger partial charge < -0.3 is 10.2 Å². The van der Waals surface area contributed by atoms with Crippen LogP contribution in [0.25, 0.3) is 0 Å². The van der Waals surface area contributed by atoms with Crippen molar-refractivity contribution in [1.82, 2.24) is 0 Å². The number of aliphatic hydroxyl groups is 2. The van der Waals surface area contributed by atoms with Crippen molar-refractivity contribution in [2.45, 2.75) is 0 Å². The monoisotopic (exact) mass is 208 g/mol. The van der Waals surface area contributed by atoms with E-state index in [0.29, 0.717) is 0 Å². The molecular formula is C6H2Cl2O4. The first-order valence-electron chi connectivity index (χ1n) is 2.73. The molecule has 0 aliphatic heterocycles. The van der Waals surface area contributed by atoms with Crippen LogP contribution in [0, 0.1) is 0 Å². The Morgan fingerprint density at radius 1 is 0.833 bits per heavy atom. The smallest absolute Gasteiger partial charge is 0.244 e. The Kier molecular flexibility index (Phi) is 2.12. The fourth-order valence-corrected chi connectivity index (χ4v) is 0.973. The summed E-state index contributed by atoms with van der Waals surface area (Å²) in [6.45, 7) is 0.